The van der Waals surface area contributed by atoms with Crippen molar-refractivity contribution in [2.24, 2.45) is 0 Å². The van der Waals surface area contributed by atoms with Crippen LogP contribution in [-0.2, 0) is 13.0 Å². The van der Waals surface area contributed by atoms with E-state index in [1.165, 1.54) is 4.40 Å². The molecule has 4 aromatic rings. The van der Waals surface area contributed by atoms with Crippen LogP contribution in [0, 0.1) is 5.95 Å². The molecule has 0 radical (unpaired) electrons. The lowest BCUT2D eigenvalue weighted by Gasteiger charge is -2.26. The number of nitrogens with zero attached hydrogens (tertiary/aromatic N) is 4. The standard InChI is InChI=1S/C18H14FN5O2/c19-17-16(20-14-5-1-2-7-24(14)17)18(25)23-8-6-12-11(10-23)15(22-21-12)13-4-3-9-26-13/h1-5,7,9H,6,8,10H2,(H,21,22). The van der Waals surface area contributed by atoms with Crippen molar-refractivity contribution in [3.05, 3.63) is 65.7 Å². The van der Waals surface area contributed by atoms with Gasteiger partial charge in [0.2, 0.25) is 5.95 Å². The highest BCUT2D eigenvalue weighted by Crippen LogP contribution is 2.29. The number of hydrogen-bond donors (Lipinski definition) is 1. The Labute approximate surface area is 147 Å². The number of fused-ring (bicyclic) bond motifs is 2. The van der Waals surface area contributed by atoms with E-state index in [9.17, 15) is 9.18 Å². The average Bonchev–Trinajstić information content (AvgIpc) is 3.39. The summed E-state index contributed by atoms with van der Waals surface area (Å²) < 4.78 is 21.3. The summed E-state index contributed by atoms with van der Waals surface area (Å²) in [4.78, 5) is 18.6. The number of rotatable bonds is 2. The second kappa shape index (κ2) is 5.55. The van der Waals surface area contributed by atoms with Crippen molar-refractivity contribution in [3.63, 3.8) is 0 Å². The zero-order valence-electron chi connectivity index (χ0n) is 13.6. The van der Waals surface area contributed by atoms with E-state index in [1.807, 2.05) is 6.07 Å². The van der Waals surface area contributed by atoms with Crippen LogP contribution in [0.15, 0.2) is 47.2 Å². The van der Waals surface area contributed by atoms with Gasteiger partial charge in [0.25, 0.3) is 5.91 Å². The summed E-state index contributed by atoms with van der Waals surface area (Å²) in [6, 6.07) is 8.72. The van der Waals surface area contributed by atoms with Crippen LogP contribution in [0.2, 0.25) is 0 Å². The molecule has 0 atom stereocenters. The maximum absolute atomic E-state index is 14.6. The van der Waals surface area contributed by atoms with Crippen LogP contribution in [0.25, 0.3) is 17.1 Å². The first-order valence-electron chi connectivity index (χ1n) is 8.24. The van der Waals surface area contributed by atoms with E-state index < -0.39 is 11.9 Å². The van der Waals surface area contributed by atoms with Gasteiger partial charge in [-0.05, 0) is 24.3 Å². The van der Waals surface area contributed by atoms with Gasteiger partial charge in [0.15, 0.2) is 11.5 Å². The molecule has 1 amide bonds. The monoisotopic (exact) mass is 351 g/mol. The molecular formula is C18H14FN5O2. The van der Waals surface area contributed by atoms with Crippen molar-refractivity contribution in [3.8, 4) is 11.5 Å². The zero-order valence-corrected chi connectivity index (χ0v) is 13.6. The molecule has 0 fully saturated rings. The molecule has 26 heavy (non-hydrogen) atoms. The smallest absolute Gasteiger partial charge is 0.277 e. The largest absolute Gasteiger partial charge is 0.463 e. The molecule has 5 heterocycles. The quantitative estimate of drug-likeness (QED) is 0.602. The lowest BCUT2D eigenvalue weighted by Crippen LogP contribution is -2.36. The van der Waals surface area contributed by atoms with Crippen molar-refractivity contribution in [2.45, 2.75) is 13.0 Å². The van der Waals surface area contributed by atoms with Gasteiger partial charge in [0.05, 0.1) is 12.8 Å². The molecule has 5 rings (SSSR count). The van der Waals surface area contributed by atoms with Crippen LogP contribution in [0.3, 0.4) is 0 Å². The van der Waals surface area contributed by atoms with Crippen LogP contribution in [0.5, 0.6) is 0 Å². The number of pyridine rings is 1. The summed E-state index contributed by atoms with van der Waals surface area (Å²) in [6.07, 6.45) is 3.74. The normalized spacial score (nSPS) is 14.0. The number of amides is 1. The molecule has 0 aromatic carbocycles. The molecule has 0 unspecified atom stereocenters. The van der Waals surface area contributed by atoms with E-state index in [0.717, 1.165) is 11.3 Å². The van der Waals surface area contributed by atoms with Crippen LogP contribution < -0.4 is 0 Å². The topological polar surface area (TPSA) is 79.4 Å². The van der Waals surface area contributed by atoms with Crippen LogP contribution in [-0.4, -0.2) is 36.9 Å². The first kappa shape index (κ1) is 14.9. The molecular weight excluding hydrogens is 337 g/mol. The van der Waals surface area contributed by atoms with Gasteiger partial charge in [-0.3, -0.25) is 14.3 Å². The Hall–Kier alpha value is -3.42. The number of halogens is 1. The number of carbonyl (C=O) groups is 1. The van der Waals surface area contributed by atoms with Crippen molar-refractivity contribution in [1.29, 1.82) is 0 Å². The SMILES string of the molecule is O=C(c1nc2ccccn2c1F)N1CCc2[nH]nc(-c3ccco3)c2C1. The van der Waals surface area contributed by atoms with Gasteiger partial charge in [-0.2, -0.15) is 9.49 Å². The van der Waals surface area contributed by atoms with Gasteiger partial charge in [-0.15, -0.1) is 0 Å². The van der Waals surface area contributed by atoms with Crippen molar-refractivity contribution >= 4 is 11.6 Å². The summed E-state index contributed by atoms with van der Waals surface area (Å²) in [7, 11) is 0. The molecule has 0 spiro atoms. The van der Waals surface area contributed by atoms with Gasteiger partial charge in [-0.1, -0.05) is 6.07 Å². The van der Waals surface area contributed by atoms with Crippen molar-refractivity contribution in [2.75, 3.05) is 6.54 Å². The second-order valence-corrected chi connectivity index (χ2v) is 6.16. The molecule has 8 heteroatoms. The maximum Gasteiger partial charge on any atom is 0.277 e. The van der Waals surface area contributed by atoms with E-state index in [0.29, 0.717) is 36.6 Å². The number of carbonyl (C=O) groups excluding carboxylic acids is 1. The first-order valence-corrected chi connectivity index (χ1v) is 8.24. The van der Waals surface area contributed by atoms with Gasteiger partial charge in [0, 0.05) is 30.4 Å². The maximum atomic E-state index is 14.6. The van der Waals surface area contributed by atoms with E-state index >= 15 is 0 Å². The molecule has 7 nitrogen and oxygen atoms in total. The van der Waals surface area contributed by atoms with Gasteiger partial charge in [-0.25, -0.2) is 4.98 Å². The number of imidazole rings is 1. The average molecular weight is 351 g/mol. The molecule has 0 aliphatic carbocycles. The van der Waals surface area contributed by atoms with E-state index in [4.69, 9.17) is 4.42 Å². The van der Waals surface area contributed by atoms with Crippen molar-refractivity contribution < 1.29 is 13.6 Å². The Bertz CT molecular complexity index is 1110. The number of furan rings is 1. The van der Waals surface area contributed by atoms with E-state index in [1.54, 1.807) is 41.6 Å². The molecule has 0 saturated heterocycles. The minimum Gasteiger partial charge on any atom is -0.463 e. The fourth-order valence-electron chi connectivity index (χ4n) is 3.34. The highest BCUT2D eigenvalue weighted by Gasteiger charge is 2.30. The highest BCUT2D eigenvalue weighted by atomic mass is 19.1. The third-order valence-corrected chi connectivity index (χ3v) is 4.65. The fraction of sp³-hybridized carbons (Fsp3) is 0.167. The van der Waals surface area contributed by atoms with Crippen molar-refractivity contribution in [1.82, 2.24) is 24.5 Å². The summed E-state index contributed by atoms with van der Waals surface area (Å²) in [5.74, 6) is -0.436. The highest BCUT2D eigenvalue weighted by molar-refractivity contribution is 5.93. The van der Waals surface area contributed by atoms with Crippen LogP contribution >= 0.6 is 0 Å². The molecule has 0 saturated carbocycles. The third kappa shape index (κ3) is 2.15. The number of aromatic nitrogens is 4. The number of H-pyrrole nitrogens is 1. The lowest BCUT2D eigenvalue weighted by atomic mass is 10.0. The number of nitrogens with one attached hydrogen (secondary N) is 1. The molecule has 0 bridgehead atoms. The Morgan fingerprint density at radius 2 is 2.19 bits per heavy atom. The zero-order chi connectivity index (χ0) is 17.7. The summed E-state index contributed by atoms with van der Waals surface area (Å²) in [5.41, 5.74) is 2.78. The summed E-state index contributed by atoms with van der Waals surface area (Å²) >= 11 is 0. The van der Waals surface area contributed by atoms with Gasteiger partial charge < -0.3 is 9.32 Å². The first-order chi connectivity index (χ1) is 12.7. The summed E-state index contributed by atoms with van der Waals surface area (Å²) in [5, 5.41) is 7.31. The van der Waals surface area contributed by atoms with E-state index in [2.05, 4.69) is 15.2 Å². The molecule has 1 N–H and O–H groups in total. The molecule has 1 aliphatic heterocycles. The molecule has 4 aromatic heterocycles. The lowest BCUT2D eigenvalue weighted by molar-refractivity contribution is 0.0724. The van der Waals surface area contributed by atoms with E-state index in [-0.39, 0.29) is 5.69 Å². The molecule has 130 valence electrons. The van der Waals surface area contributed by atoms with Crippen LogP contribution in [0.4, 0.5) is 4.39 Å². The third-order valence-electron chi connectivity index (χ3n) is 4.65. The summed E-state index contributed by atoms with van der Waals surface area (Å²) in [6.45, 7) is 0.799. The Balaban J connectivity index is 1.49. The minimum absolute atomic E-state index is 0.164. The second-order valence-electron chi connectivity index (χ2n) is 6.16. The molecule has 1 aliphatic rings. The fourth-order valence-corrected chi connectivity index (χ4v) is 3.34. The van der Waals surface area contributed by atoms with Gasteiger partial charge in [0.1, 0.15) is 11.3 Å². The van der Waals surface area contributed by atoms with Gasteiger partial charge >= 0.3 is 0 Å². The number of hydrogen-bond acceptors (Lipinski definition) is 4. The number of aromatic amines is 1. The Kier molecular flexibility index (Phi) is 3.18. The predicted octanol–water partition coefficient (Wildman–Crippen LogP) is 2.66. The predicted molar refractivity (Wildman–Crippen MR) is 89.9 cm³/mol. The Morgan fingerprint density at radius 1 is 1.27 bits per heavy atom. The minimum atomic E-state index is -0.644. The van der Waals surface area contributed by atoms with Crippen LogP contribution in [0.1, 0.15) is 21.7 Å². The Morgan fingerprint density at radius 3 is 3.00 bits per heavy atom.